The van der Waals surface area contributed by atoms with Gasteiger partial charge >= 0.3 is 17.8 Å². The summed E-state index contributed by atoms with van der Waals surface area (Å²) in [5.41, 5.74) is -1.91. The molecule has 43 heavy (non-hydrogen) atoms. The van der Waals surface area contributed by atoms with Crippen LogP contribution in [0.15, 0.2) is 33.5 Å². The Hall–Kier alpha value is -4.62. The molecule has 0 saturated heterocycles. The molecule has 2 heterocycles. The lowest BCUT2D eigenvalue weighted by atomic mass is 10.0. The van der Waals surface area contributed by atoms with Crippen LogP contribution in [-0.4, -0.2) is 43.8 Å². The van der Waals surface area contributed by atoms with Gasteiger partial charge in [-0.15, -0.1) is 10.2 Å². The molecule has 0 saturated carbocycles. The van der Waals surface area contributed by atoms with Crippen LogP contribution in [0.4, 0.5) is 4.39 Å². The molecule has 232 valence electrons. The van der Waals surface area contributed by atoms with Crippen LogP contribution in [0, 0.1) is 24.6 Å². The Morgan fingerprint density at radius 3 is 2.28 bits per heavy atom. The molecule has 2 aromatic heterocycles. The SMILES string of the molecule is Cc1nnc(C(=O)NC(C)(C)c2nc(C(=O)NCc3ccc(F)cc3)c(OC(OC(=O)CC(C)C)C(C)C)c(=O)n2C)o1. The van der Waals surface area contributed by atoms with Crippen LogP contribution in [-0.2, 0) is 28.7 Å². The van der Waals surface area contributed by atoms with E-state index in [2.05, 4.69) is 25.8 Å². The molecular formula is C29H37FN6O7. The van der Waals surface area contributed by atoms with Gasteiger partial charge in [-0.2, -0.15) is 0 Å². The number of esters is 1. The predicted molar refractivity (Wildman–Crippen MR) is 151 cm³/mol. The first-order valence-corrected chi connectivity index (χ1v) is 13.7. The summed E-state index contributed by atoms with van der Waals surface area (Å²) in [4.78, 5) is 57.0. The van der Waals surface area contributed by atoms with Crippen LogP contribution in [0.3, 0.4) is 0 Å². The van der Waals surface area contributed by atoms with Crippen molar-refractivity contribution in [3.05, 3.63) is 69.3 Å². The molecular weight excluding hydrogens is 563 g/mol. The molecule has 13 nitrogen and oxygen atoms in total. The third kappa shape index (κ3) is 8.46. The number of rotatable bonds is 12. The topological polar surface area (TPSA) is 168 Å². The second-order valence-electron chi connectivity index (χ2n) is 11.3. The molecule has 1 aromatic carbocycles. The number of hydrogen-bond donors (Lipinski definition) is 2. The van der Waals surface area contributed by atoms with Crippen molar-refractivity contribution in [3.8, 4) is 5.75 Å². The van der Waals surface area contributed by atoms with Crippen molar-refractivity contribution in [1.82, 2.24) is 30.4 Å². The van der Waals surface area contributed by atoms with Crippen molar-refractivity contribution in [2.75, 3.05) is 0 Å². The number of carbonyl (C=O) groups excluding carboxylic acids is 3. The fourth-order valence-corrected chi connectivity index (χ4v) is 3.97. The van der Waals surface area contributed by atoms with Gasteiger partial charge in [-0.25, -0.2) is 9.37 Å². The number of hydrogen-bond acceptors (Lipinski definition) is 10. The van der Waals surface area contributed by atoms with Crippen LogP contribution in [0.1, 0.15) is 86.4 Å². The Labute approximate surface area is 248 Å². The van der Waals surface area contributed by atoms with Crippen LogP contribution in [0.2, 0.25) is 0 Å². The van der Waals surface area contributed by atoms with Gasteiger partial charge in [0.25, 0.3) is 11.5 Å². The first-order chi connectivity index (χ1) is 20.1. The van der Waals surface area contributed by atoms with Crippen molar-refractivity contribution in [3.63, 3.8) is 0 Å². The summed E-state index contributed by atoms with van der Waals surface area (Å²) in [6.07, 6.45) is -1.08. The van der Waals surface area contributed by atoms with E-state index in [1.165, 1.54) is 38.2 Å². The van der Waals surface area contributed by atoms with E-state index in [1.54, 1.807) is 27.7 Å². The number of aryl methyl sites for hydroxylation is 1. The smallest absolute Gasteiger partial charge is 0.309 e. The van der Waals surface area contributed by atoms with E-state index in [9.17, 15) is 23.6 Å². The quantitative estimate of drug-likeness (QED) is 0.233. The first-order valence-electron chi connectivity index (χ1n) is 13.7. The van der Waals surface area contributed by atoms with E-state index in [0.717, 1.165) is 4.57 Å². The zero-order valence-electron chi connectivity index (χ0n) is 25.5. The van der Waals surface area contributed by atoms with Gasteiger partial charge in [0.1, 0.15) is 11.6 Å². The molecule has 0 aliphatic heterocycles. The highest BCUT2D eigenvalue weighted by Gasteiger charge is 2.34. The Morgan fingerprint density at radius 2 is 1.72 bits per heavy atom. The molecule has 3 aromatic rings. The number of halogens is 1. The fraction of sp³-hybridized carbons (Fsp3) is 0.483. The minimum atomic E-state index is -1.33. The molecule has 1 unspecified atom stereocenters. The summed E-state index contributed by atoms with van der Waals surface area (Å²) in [5, 5.41) is 12.7. The third-order valence-corrected chi connectivity index (χ3v) is 6.14. The number of aromatic nitrogens is 4. The second-order valence-corrected chi connectivity index (χ2v) is 11.3. The highest BCUT2D eigenvalue weighted by Crippen LogP contribution is 2.24. The van der Waals surface area contributed by atoms with Crippen molar-refractivity contribution >= 4 is 17.8 Å². The monoisotopic (exact) mass is 600 g/mol. The summed E-state index contributed by atoms with van der Waals surface area (Å²) in [6, 6.07) is 5.49. The van der Waals surface area contributed by atoms with Crippen molar-refractivity contribution in [2.24, 2.45) is 18.9 Å². The summed E-state index contributed by atoms with van der Waals surface area (Å²) < 4.78 is 31.1. The van der Waals surface area contributed by atoms with E-state index in [4.69, 9.17) is 13.9 Å². The standard InChI is InChI=1S/C29H37FN6O7/c1-15(2)13-20(37)42-27(16(3)4)43-22-21(23(38)31-14-18-9-11-19(30)12-10-18)32-28(36(8)26(22)40)29(6,7)33-24(39)25-35-34-17(5)41-25/h9-12,15-16,27H,13-14H2,1-8H3,(H,31,38)(H,33,39). The predicted octanol–water partition coefficient (Wildman–Crippen LogP) is 3.16. The molecule has 1 atom stereocenters. The second kappa shape index (κ2) is 13.6. The van der Waals surface area contributed by atoms with Gasteiger partial charge in [0.15, 0.2) is 5.69 Å². The maximum absolute atomic E-state index is 13.7. The number of amides is 2. The van der Waals surface area contributed by atoms with E-state index < -0.39 is 58.4 Å². The Bertz CT molecular complexity index is 1530. The molecule has 0 aliphatic carbocycles. The van der Waals surface area contributed by atoms with Crippen LogP contribution in [0.25, 0.3) is 0 Å². The minimum absolute atomic E-state index is 0.000677. The Balaban J connectivity index is 2.04. The highest BCUT2D eigenvalue weighted by atomic mass is 19.1. The Kier molecular flexibility index (Phi) is 10.4. The lowest BCUT2D eigenvalue weighted by molar-refractivity contribution is -0.170. The number of nitrogens with one attached hydrogen (secondary N) is 2. The summed E-state index contributed by atoms with van der Waals surface area (Å²) in [6.45, 7) is 11.8. The maximum atomic E-state index is 13.7. The molecule has 3 rings (SSSR count). The zero-order valence-corrected chi connectivity index (χ0v) is 25.5. The molecule has 2 N–H and O–H groups in total. The van der Waals surface area contributed by atoms with Crippen LogP contribution >= 0.6 is 0 Å². The van der Waals surface area contributed by atoms with Gasteiger partial charge in [-0.05, 0) is 37.5 Å². The minimum Gasteiger partial charge on any atom is -0.446 e. The van der Waals surface area contributed by atoms with Crippen molar-refractivity contribution in [2.45, 2.75) is 73.3 Å². The molecule has 0 fully saturated rings. The number of benzene rings is 1. The average molecular weight is 601 g/mol. The van der Waals surface area contributed by atoms with Crippen molar-refractivity contribution in [1.29, 1.82) is 0 Å². The molecule has 2 amide bonds. The molecule has 0 aliphatic rings. The number of nitrogens with zero attached hydrogens (tertiary/aromatic N) is 4. The fourth-order valence-electron chi connectivity index (χ4n) is 3.97. The van der Waals surface area contributed by atoms with E-state index in [1.807, 2.05) is 13.8 Å². The van der Waals surface area contributed by atoms with Gasteiger partial charge in [-0.3, -0.25) is 23.7 Å². The van der Waals surface area contributed by atoms with Crippen molar-refractivity contribution < 1.29 is 32.7 Å². The van der Waals surface area contributed by atoms with E-state index in [0.29, 0.717) is 5.56 Å². The van der Waals surface area contributed by atoms with E-state index in [-0.39, 0.29) is 36.5 Å². The number of carbonyl (C=O) groups is 3. The highest BCUT2D eigenvalue weighted by molar-refractivity contribution is 5.95. The molecule has 0 spiro atoms. The van der Waals surface area contributed by atoms with E-state index >= 15 is 0 Å². The molecule has 14 heteroatoms. The van der Waals surface area contributed by atoms with Gasteiger partial charge < -0.3 is 24.5 Å². The lowest BCUT2D eigenvalue weighted by Gasteiger charge is -2.29. The van der Waals surface area contributed by atoms with Gasteiger partial charge in [0.2, 0.25) is 17.9 Å². The third-order valence-electron chi connectivity index (χ3n) is 6.14. The van der Waals surface area contributed by atoms with Gasteiger partial charge in [0.05, 0.1) is 5.54 Å². The average Bonchev–Trinajstić information content (AvgIpc) is 3.36. The largest absolute Gasteiger partial charge is 0.446 e. The summed E-state index contributed by atoms with van der Waals surface area (Å²) >= 11 is 0. The first kappa shape index (κ1) is 32.9. The molecule has 0 bridgehead atoms. The Morgan fingerprint density at radius 1 is 1.07 bits per heavy atom. The summed E-state index contributed by atoms with van der Waals surface area (Å²) in [5.74, 6) is -3.41. The molecule has 0 radical (unpaired) electrons. The van der Waals surface area contributed by atoms with Gasteiger partial charge in [0, 0.05) is 32.9 Å². The lowest BCUT2D eigenvalue weighted by Crippen LogP contribution is -2.46. The van der Waals surface area contributed by atoms with Crippen LogP contribution in [0.5, 0.6) is 5.75 Å². The zero-order chi connectivity index (χ0) is 32.1. The normalized spacial score (nSPS) is 12.3. The van der Waals surface area contributed by atoms with Gasteiger partial charge in [-0.1, -0.05) is 39.8 Å². The number of ether oxygens (including phenoxy) is 2. The summed E-state index contributed by atoms with van der Waals surface area (Å²) in [7, 11) is 1.40. The maximum Gasteiger partial charge on any atom is 0.309 e. The van der Waals surface area contributed by atoms with Crippen LogP contribution < -0.4 is 20.9 Å².